The molecule has 46 heavy (non-hydrogen) atoms. The molecule has 2 heterocycles. The number of nitro groups is 1. The van der Waals surface area contributed by atoms with Gasteiger partial charge >= 0.3 is 0 Å². The average Bonchev–Trinajstić information content (AvgIpc) is 3.37. The fourth-order valence-electron chi connectivity index (χ4n) is 7.06. The number of rotatable bonds is 9. The summed E-state index contributed by atoms with van der Waals surface area (Å²) in [4.78, 5) is 41.7. The number of anilines is 1. The summed E-state index contributed by atoms with van der Waals surface area (Å²) in [7, 11) is -2.79. The minimum atomic E-state index is -2.79. The van der Waals surface area contributed by atoms with E-state index in [0.717, 1.165) is 24.1 Å². The third-order valence-corrected chi connectivity index (χ3v) is 14.3. The van der Waals surface area contributed by atoms with E-state index in [-0.39, 0.29) is 35.0 Å². The zero-order valence-corrected chi connectivity index (χ0v) is 27.5. The maximum Gasteiger partial charge on any atom is 0.275 e. The van der Waals surface area contributed by atoms with Crippen molar-refractivity contribution >= 4 is 41.9 Å². The number of piperidine rings is 1. The van der Waals surface area contributed by atoms with Crippen LogP contribution in [0, 0.1) is 16.0 Å². The van der Waals surface area contributed by atoms with Gasteiger partial charge in [-0.25, -0.2) is 0 Å². The average molecular weight is 634 g/mol. The van der Waals surface area contributed by atoms with Crippen molar-refractivity contribution in [2.45, 2.75) is 51.7 Å². The van der Waals surface area contributed by atoms with Gasteiger partial charge in [-0.2, -0.15) is 0 Å². The third-order valence-electron chi connectivity index (χ3n) is 9.28. The lowest BCUT2D eigenvalue weighted by atomic mass is 9.97. The van der Waals surface area contributed by atoms with Crippen LogP contribution in [0.3, 0.4) is 0 Å². The molecule has 2 amide bonds. The Morgan fingerprint density at radius 3 is 2.17 bits per heavy atom. The van der Waals surface area contributed by atoms with Crippen molar-refractivity contribution in [2.75, 3.05) is 18.1 Å². The first-order valence-electron chi connectivity index (χ1n) is 15.8. The van der Waals surface area contributed by atoms with Gasteiger partial charge in [0.2, 0.25) is 5.91 Å². The van der Waals surface area contributed by atoms with Gasteiger partial charge in [-0.05, 0) is 52.0 Å². The van der Waals surface area contributed by atoms with E-state index in [1.807, 2.05) is 41.3 Å². The summed E-state index contributed by atoms with van der Waals surface area (Å²) in [6, 6.07) is 33.3. The van der Waals surface area contributed by atoms with E-state index in [1.54, 1.807) is 17.0 Å². The predicted molar refractivity (Wildman–Crippen MR) is 182 cm³/mol. The highest BCUT2D eigenvalue weighted by Crippen LogP contribution is 2.38. The molecule has 0 N–H and O–H groups in total. The molecule has 236 valence electrons. The Balaban J connectivity index is 1.21. The van der Waals surface area contributed by atoms with E-state index < -0.39 is 13.2 Å². The number of nitro benzene ring substituents is 1. The Morgan fingerprint density at radius 1 is 0.891 bits per heavy atom. The number of carbonyl (C=O) groups is 2. The summed E-state index contributed by atoms with van der Waals surface area (Å²) in [6.07, 6.45) is 1.61. The van der Waals surface area contributed by atoms with E-state index >= 15 is 0 Å². The molecule has 0 saturated carbocycles. The number of hydrogen-bond donors (Lipinski definition) is 0. The van der Waals surface area contributed by atoms with E-state index in [4.69, 9.17) is 4.43 Å². The van der Waals surface area contributed by atoms with Gasteiger partial charge in [0.05, 0.1) is 28.5 Å². The van der Waals surface area contributed by atoms with Crippen molar-refractivity contribution in [1.29, 1.82) is 0 Å². The van der Waals surface area contributed by atoms with Crippen molar-refractivity contribution in [1.82, 2.24) is 4.90 Å². The van der Waals surface area contributed by atoms with Gasteiger partial charge in [0.25, 0.3) is 19.9 Å². The molecule has 1 fully saturated rings. The predicted octanol–water partition coefficient (Wildman–Crippen LogP) is 6.07. The monoisotopic (exact) mass is 633 g/mol. The van der Waals surface area contributed by atoms with Crippen molar-refractivity contribution in [3.8, 4) is 0 Å². The smallest absolute Gasteiger partial charge is 0.275 e. The second-order valence-corrected chi connectivity index (χ2v) is 17.5. The Morgan fingerprint density at radius 2 is 1.54 bits per heavy atom. The van der Waals surface area contributed by atoms with Crippen LogP contribution in [0.2, 0.25) is 5.04 Å². The van der Waals surface area contributed by atoms with Gasteiger partial charge in [-0.15, -0.1) is 0 Å². The zero-order chi connectivity index (χ0) is 32.5. The number of benzene rings is 4. The van der Waals surface area contributed by atoms with Crippen molar-refractivity contribution < 1.29 is 18.9 Å². The van der Waals surface area contributed by atoms with Crippen LogP contribution in [0.4, 0.5) is 11.4 Å². The summed E-state index contributed by atoms with van der Waals surface area (Å²) in [5.74, 6) is -0.463. The molecule has 9 heteroatoms. The van der Waals surface area contributed by atoms with Crippen LogP contribution in [-0.4, -0.2) is 43.1 Å². The van der Waals surface area contributed by atoms with Crippen LogP contribution in [0.1, 0.15) is 55.1 Å². The lowest BCUT2D eigenvalue weighted by molar-refractivity contribution is -0.385. The van der Waals surface area contributed by atoms with Gasteiger partial charge in [-0.3, -0.25) is 19.7 Å². The van der Waals surface area contributed by atoms with Crippen molar-refractivity contribution in [3.63, 3.8) is 0 Å². The first-order chi connectivity index (χ1) is 22.1. The van der Waals surface area contributed by atoms with Crippen LogP contribution in [-0.2, 0) is 22.3 Å². The molecule has 6 rings (SSSR count). The third kappa shape index (κ3) is 5.76. The van der Waals surface area contributed by atoms with E-state index in [1.165, 1.54) is 16.4 Å². The largest absolute Gasteiger partial charge is 0.407 e. The van der Waals surface area contributed by atoms with Crippen molar-refractivity contribution in [2.24, 2.45) is 5.92 Å². The molecule has 8 nitrogen and oxygen atoms in total. The molecule has 4 aromatic carbocycles. The fourth-order valence-corrected chi connectivity index (χ4v) is 11.7. The highest BCUT2D eigenvalue weighted by Gasteiger charge is 2.51. The van der Waals surface area contributed by atoms with E-state index in [2.05, 4.69) is 69.3 Å². The summed E-state index contributed by atoms with van der Waals surface area (Å²) >= 11 is 0. The van der Waals surface area contributed by atoms with Crippen LogP contribution in [0.15, 0.2) is 103 Å². The van der Waals surface area contributed by atoms with Gasteiger partial charge < -0.3 is 14.2 Å². The van der Waals surface area contributed by atoms with E-state index in [0.29, 0.717) is 30.8 Å². The topological polar surface area (TPSA) is 93.0 Å². The van der Waals surface area contributed by atoms with Crippen LogP contribution in [0.25, 0.3) is 0 Å². The first kappa shape index (κ1) is 31.4. The van der Waals surface area contributed by atoms with Crippen LogP contribution < -0.4 is 15.3 Å². The van der Waals surface area contributed by atoms with Crippen molar-refractivity contribution in [3.05, 3.63) is 130 Å². The lowest BCUT2D eigenvalue weighted by Gasteiger charge is -2.44. The summed E-state index contributed by atoms with van der Waals surface area (Å²) in [5.41, 5.74) is 2.43. The standard InChI is InChI=1S/C37H39N3O5Si/c1-37(2,3)46(30-16-6-4-7-17-30,31-18-8-5-9-19-31)45-26-28-14-12-22-39(35(28)41)29-15-10-13-27(23-29)24-38-25-33-32(36(38)42)20-11-21-34(33)40(43)44/h4-11,13,15-21,23,28H,12,14,22,24-26H2,1-3H3. The minimum absolute atomic E-state index is 0.0349. The molecule has 0 spiro atoms. The minimum Gasteiger partial charge on any atom is -0.407 e. The Hall–Kier alpha value is -4.60. The fraction of sp³-hybridized carbons (Fsp3) is 0.297. The molecule has 2 aliphatic heterocycles. The summed E-state index contributed by atoms with van der Waals surface area (Å²) < 4.78 is 7.14. The Kier molecular flexibility index (Phi) is 8.63. The van der Waals surface area contributed by atoms with E-state index in [9.17, 15) is 19.7 Å². The molecule has 0 aliphatic carbocycles. The molecular formula is C37H39N3O5Si. The molecular weight excluding hydrogens is 595 g/mol. The van der Waals surface area contributed by atoms with Crippen LogP contribution in [0.5, 0.6) is 0 Å². The molecule has 0 bridgehead atoms. The normalized spacial score (nSPS) is 16.9. The molecule has 2 aliphatic rings. The SMILES string of the molecule is CC(C)(C)[Si](OCC1CCCN(c2cccc(CN3Cc4c(cccc4[N+](=O)[O-])C3=O)c2)C1=O)(c1ccccc1)c1ccccc1. The highest BCUT2D eigenvalue weighted by molar-refractivity contribution is 6.99. The maximum atomic E-state index is 14.1. The molecule has 1 saturated heterocycles. The zero-order valence-electron chi connectivity index (χ0n) is 26.5. The first-order valence-corrected chi connectivity index (χ1v) is 17.7. The number of hydrogen-bond acceptors (Lipinski definition) is 5. The summed E-state index contributed by atoms with van der Waals surface area (Å²) in [6.45, 7) is 8.13. The molecule has 1 atom stereocenters. The number of carbonyl (C=O) groups excluding carboxylic acids is 2. The number of fused-ring (bicyclic) bond motifs is 1. The summed E-state index contributed by atoms with van der Waals surface area (Å²) in [5, 5.41) is 13.7. The van der Waals surface area contributed by atoms with Gasteiger partial charge in [0.15, 0.2) is 0 Å². The lowest BCUT2D eigenvalue weighted by Crippen LogP contribution is -2.67. The second kappa shape index (κ2) is 12.7. The molecule has 0 radical (unpaired) electrons. The van der Waals surface area contributed by atoms with Crippen LogP contribution >= 0.6 is 0 Å². The Labute approximate surface area is 270 Å². The molecule has 1 unspecified atom stereocenters. The maximum absolute atomic E-state index is 14.1. The molecule has 0 aromatic heterocycles. The molecule has 4 aromatic rings. The number of amides is 2. The van der Waals surface area contributed by atoms with Gasteiger partial charge in [-0.1, -0.05) is 99.6 Å². The quantitative estimate of drug-likeness (QED) is 0.127. The van der Waals surface area contributed by atoms with Gasteiger partial charge in [0.1, 0.15) is 0 Å². The van der Waals surface area contributed by atoms with Gasteiger partial charge in [0, 0.05) is 31.5 Å². The second-order valence-electron chi connectivity index (χ2n) is 13.2. The Bertz CT molecular complexity index is 1720. The highest BCUT2D eigenvalue weighted by atomic mass is 28.4. The number of nitrogens with zero attached hydrogens (tertiary/aromatic N) is 3.